The number of amides is 1. The maximum Gasteiger partial charge on any atom is 0.289 e. The molecular formula is C19H22N2O3. The molecule has 2 aromatic rings. The quantitative estimate of drug-likeness (QED) is 0.937. The number of nitrogens with one attached hydrogen (secondary N) is 1. The summed E-state index contributed by atoms with van der Waals surface area (Å²) < 4.78 is 10.7. The number of carbonyl (C=O) groups excluding carboxylic acids is 1. The molecule has 1 aromatic carbocycles. The van der Waals surface area contributed by atoms with Gasteiger partial charge in [0.15, 0.2) is 0 Å². The van der Waals surface area contributed by atoms with Crippen molar-refractivity contribution < 1.29 is 13.9 Å². The molecule has 1 N–H and O–H groups in total. The molecule has 3 fully saturated rings. The molecule has 1 atom stereocenters. The Morgan fingerprint density at radius 2 is 1.96 bits per heavy atom. The van der Waals surface area contributed by atoms with Crippen molar-refractivity contribution in [2.24, 2.45) is 5.92 Å². The van der Waals surface area contributed by atoms with Crippen LogP contribution in [0.3, 0.4) is 0 Å². The van der Waals surface area contributed by atoms with Crippen LogP contribution in [0.2, 0.25) is 0 Å². The van der Waals surface area contributed by atoms with E-state index in [2.05, 4.69) is 10.2 Å². The van der Waals surface area contributed by atoms with Crippen molar-refractivity contribution in [1.29, 1.82) is 0 Å². The first kappa shape index (κ1) is 15.3. The van der Waals surface area contributed by atoms with Crippen molar-refractivity contribution >= 4 is 5.91 Å². The minimum absolute atomic E-state index is 0.00736. The summed E-state index contributed by atoms with van der Waals surface area (Å²) in [6.07, 6.45) is 5.20. The summed E-state index contributed by atoms with van der Waals surface area (Å²) in [4.78, 5) is 15.0. The summed E-state index contributed by atoms with van der Waals surface area (Å²) in [6, 6.07) is 10.9. The van der Waals surface area contributed by atoms with Crippen molar-refractivity contribution in [3.8, 4) is 11.7 Å². The van der Waals surface area contributed by atoms with Gasteiger partial charge in [0.2, 0.25) is 0 Å². The van der Waals surface area contributed by atoms with E-state index in [4.69, 9.17) is 9.15 Å². The summed E-state index contributed by atoms with van der Waals surface area (Å²) in [5, 5.41) is 3.20. The van der Waals surface area contributed by atoms with Crippen LogP contribution < -0.4 is 10.1 Å². The van der Waals surface area contributed by atoms with Crippen LogP contribution >= 0.6 is 0 Å². The number of piperidine rings is 1. The molecule has 126 valence electrons. The molecule has 3 aliphatic heterocycles. The monoisotopic (exact) mass is 326 g/mol. The number of hydrogen-bond acceptors (Lipinski definition) is 4. The topological polar surface area (TPSA) is 54.7 Å². The third kappa shape index (κ3) is 3.46. The van der Waals surface area contributed by atoms with E-state index in [0.29, 0.717) is 17.3 Å². The summed E-state index contributed by atoms with van der Waals surface area (Å²) in [5.41, 5.74) is 0.661. The highest BCUT2D eigenvalue weighted by molar-refractivity contribution is 5.94. The van der Waals surface area contributed by atoms with E-state index >= 15 is 0 Å². The van der Waals surface area contributed by atoms with E-state index in [9.17, 15) is 4.79 Å². The Labute approximate surface area is 141 Å². The smallest absolute Gasteiger partial charge is 0.289 e. The molecule has 0 aliphatic carbocycles. The number of hydrogen-bond donors (Lipinski definition) is 1. The molecule has 3 aliphatic rings. The van der Waals surface area contributed by atoms with Crippen LogP contribution in [-0.2, 0) is 0 Å². The van der Waals surface area contributed by atoms with Gasteiger partial charge < -0.3 is 19.4 Å². The lowest BCUT2D eigenvalue weighted by Crippen LogP contribution is -2.41. The maximum absolute atomic E-state index is 12.5. The summed E-state index contributed by atoms with van der Waals surface area (Å²) in [6.45, 7) is 3.33. The fourth-order valence-corrected chi connectivity index (χ4v) is 3.68. The molecule has 5 rings (SSSR count). The molecule has 0 radical (unpaired) electrons. The molecule has 4 heterocycles. The SMILES string of the molecule is O=C(NC1CC2CCN(CC2)C1)c1ccc(Oc2ccco2)cc1. The van der Waals surface area contributed by atoms with Crippen molar-refractivity contribution in [1.82, 2.24) is 10.2 Å². The summed E-state index contributed by atoms with van der Waals surface area (Å²) in [7, 11) is 0. The van der Waals surface area contributed by atoms with E-state index in [-0.39, 0.29) is 11.9 Å². The molecule has 5 heteroatoms. The van der Waals surface area contributed by atoms with Crippen LogP contribution in [-0.4, -0.2) is 36.5 Å². The number of rotatable bonds is 4. The Morgan fingerprint density at radius 1 is 1.17 bits per heavy atom. The van der Waals surface area contributed by atoms with Crippen LogP contribution in [0.4, 0.5) is 0 Å². The minimum Gasteiger partial charge on any atom is -0.434 e. The fraction of sp³-hybridized carbons (Fsp3) is 0.421. The molecule has 5 nitrogen and oxygen atoms in total. The van der Waals surface area contributed by atoms with Gasteiger partial charge in [-0.2, -0.15) is 0 Å². The number of ether oxygens (including phenoxy) is 1. The van der Waals surface area contributed by atoms with E-state index in [1.165, 1.54) is 25.9 Å². The number of furan rings is 1. The average molecular weight is 326 g/mol. The van der Waals surface area contributed by atoms with Gasteiger partial charge in [-0.15, -0.1) is 0 Å². The van der Waals surface area contributed by atoms with Gasteiger partial charge in [0, 0.05) is 24.2 Å². The third-order valence-corrected chi connectivity index (χ3v) is 4.97. The van der Waals surface area contributed by atoms with Crippen LogP contribution in [0, 0.1) is 5.92 Å². The molecule has 2 bridgehead atoms. The van der Waals surface area contributed by atoms with Gasteiger partial charge in [0.25, 0.3) is 11.9 Å². The standard InChI is InChI=1S/C19H22N2O3/c22-19(20-16-12-14-7-9-21(13-16)10-8-14)15-3-5-17(6-4-15)24-18-2-1-11-23-18/h1-6,11,14,16H,7-10,12-13H2,(H,20,22). The van der Waals surface area contributed by atoms with Gasteiger partial charge >= 0.3 is 0 Å². The van der Waals surface area contributed by atoms with Crippen LogP contribution in [0.5, 0.6) is 11.7 Å². The van der Waals surface area contributed by atoms with Gasteiger partial charge in [-0.3, -0.25) is 4.79 Å². The van der Waals surface area contributed by atoms with Crippen molar-refractivity contribution in [3.05, 3.63) is 48.2 Å². The third-order valence-electron chi connectivity index (χ3n) is 4.97. The Bertz CT molecular complexity index is 659. The van der Waals surface area contributed by atoms with Crippen LogP contribution in [0.1, 0.15) is 29.6 Å². The zero-order valence-corrected chi connectivity index (χ0v) is 13.6. The van der Waals surface area contributed by atoms with E-state index in [1.807, 2.05) is 0 Å². The van der Waals surface area contributed by atoms with Gasteiger partial charge in [0.1, 0.15) is 5.75 Å². The van der Waals surface area contributed by atoms with Gasteiger partial charge in [-0.25, -0.2) is 0 Å². The first-order chi connectivity index (χ1) is 11.8. The molecule has 3 saturated heterocycles. The highest BCUT2D eigenvalue weighted by Crippen LogP contribution is 2.27. The lowest BCUT2D eigenvalue weighted by atomic mass is 9.94. The molecule has 1 unspecified atom stereocenters. The number of nitrogens with zero attached hydrogens (tertiary/aromatic N) is 1. The van der Waals surface area contributed by atoms with E-state index < -0.39 is 0 Å². The minimum atomic E-state index is -0.00736. The molecular weight excluding hydrogens is 304 g/mol. The normalized spacial score (nSPS) is 25.9. The van der Waals surface area contributed by atoms with Crippen LogP contribution in [0.25, 0.3) is 0 Å². The fourth-order valence-electron chi connectivity index (χ4n) is 3.68. The second kappa shape index (κ2) is 6.69. The molecule has 1 amide bonds. The maximum atomic E-state index is 12.5. The zero-order chi connectivity index (χ0) is 16.4. The van der Waals surface area contributed by atoms with E-state index in [0.717, 1.165) is 18.9 Å². The van der Waals surface area contributed by atoms with Crippen molar-refractivity contribution in [3.63, 3.8) is 0 Å². The molecule has 0 spiro atoms. The van der Waals surface area contributed by atoms with Crippen LogP contribution in [0.15, 0.2) is 47.1 Å². The Hall–Kier alpha value is -2.27. The lowest BCUT2D eigenvalue weighted by molar-refractivity contribution is 0.0929. The average Bonchev–Trinajstić information content (AvgIpc) is 2.94. The highest BCUT2D eigenvalue weighted by atomic mass is 16.6. The van der Waals surface area contributed by atoms with Gasteiger partial charge in [-0.05, 0) is 68.6 Å². The summed E-state index contributed by atoms with van der Waals surface area (Å²) >= 11 is 0. The number of carbonyl (C=O) groups is 1. The Kier molecular flexibility index (Phi) is 4.26. The second-order valence-electron chi connectivity index (χ2n) is 6.71. The predicted molar refractivity (Wildman–Crippen MR) is 90.3 cm³/mol. The van der Waals surface area contributed by atoms with Crippen molar-refractivity contribution in [2.45, 2.75) is 25.3 Å². The number of fused-ring (bicyclic) bond motifs is 4. The number of benzene rings is 1. The first-order valence-corrected chi connectivity index (χ1v) is 8.61. The largest absolute Gasteiger partial charge is 0.434 e. The van der Waals surface area contributed by atoms with Gasteiger partial charge in [-0.1, -0.05) is 0 Å². The Morgan fingerprint density at radius 3 is 2.67 bits per heavy atom. The predicted octanol–water partition coefficient (Wildman–Crippen LogP) is 3.29. The second-order valence-corrected chi connectivity index (χ2v) is 6.71. The molecule has 1 aromatic heterocycles. The zero-order valence-electron chi connectivity index (χ0n) is 13.6. The Balaban J connectivity index is 1.37. The lowest BCUT2D eigenvalue weighted by Gasteiger charge is -2.26. The van der Waals surface area contributed by atoms with Crippen molar-refractivity contribution in [2.75, 3.05) is 19.6 Å². The summed E-state index contributed by atoms with van der Waals surface area (Å²) in [5.74, 6) is 1.85. The molecule has 24 heavy (non-hydrogen) atoms. The van der Waals surface area contributed by atoms with Gasteiger partial charge in [0.05, 0.1) is 6.26 Å². The highest BCUT2D eigenvalue weighted by Gasteiger charge is 2.29. The first-order valence-electron chi connectivity index (χ1n) is 8.61. The molecule has 0 saturated carbocycles. The van der Waals surface area contributed by atoms with E-state index in [1.54, 1.807) is 42.7 Å².